The van der Waals surface area contributed by atoms with E-state index in [9.17, 15) is 0 Å². The number of nitriles is 1. The van der Waals surface area contributed by atoms with Crippen molar-refractivity contribution < 1.29 is 0 Å². The largest absolute Gasteiger partial charge is 0.359 e. The minimum absolute atomic E-state index is 0.137. The van der Waals surface area contributed by atoms with Crippen LogP contribution in [0.1, 0.15) is 25.0 Å². The zero-order valence-corrected chi connectivity index (χ0v) is 10.8. The maximum absolute atomic E-state index is 8.81. The molecule has 88 valence electrons. The number of nitrogens with one attached hydrogen (secondary N) is 1. The quantitative estimate of drug-likeness (QED) is 0.871. The molecule has 0 amide bonds. The Kier molecular flexibility index (Phi) is 3.39. The van der Waals surface area contributed by atoms with Crippen molar-refractivity contribution in [2.45, 2.75) is 25.9 Å². The van der Waals surface area contributed by atoms with Gasteiger partial charge >= 0.3 is 0 Å². The van der Waals surface area contributed by atoms with E-state index in [0.29, 0.717) is 12.1 Å². The van der Waals surface area contributed by atoms with E-state index < -0.39 is 0 Å². The minimum Gasteiger partial charge on any atom is -0.359 e. The Morgan fingerprint density at radius 1 is 1.53 bits per heavy atom. The lowest BCUT2D eigenvalue weighted by Crippen LogP contribution is -2.36. The molecule has 4 heteroatoms. The molecule has 0 atom stereocenters. The molecule has 1 N–H and O–H groups in total. The third-order valence-corrected chi connectivity index (χ3v) is 3.85. The molecule has 17 heavy (non-hydrogen) atoms. The van der Waals surface area contributed by atoms with Gasteiger partial charge in [-0.15, -0.1) is 0 Å². The first-order valence-electron chi connectivity index (χ1n) is 5.53. The Labute approximate surface area is 106 Å². The fraction of sp³-hybridized carbons (Fsp3) is 0.385. The molecule has 0 aliphatic carbocycles. The van der Waals surface area contributed by atoms with Crippen molar-refractivity contribution in [1.82, 2.24) is 5.32 Å². The summed E-state index contributed by atoms with van der Waals surface area (Å²) >= 11 is 1.75. The summed E-state index contributed by atoms with van der Waals surface area (Å²) in [5, 5.41) is 13.2. The molecule has 3 nitrogen and oxygen atoms in total. The smallest absolute Gasteiger partial charge is 0.157 e. The lowest BCUT2D eigenvalue weighted by molar-refractivity contribution is 0.536. The summed E-state index contributed by atoms with van der Waals surface area (Å²) in [4.78, 5) is 4.52. The highest BCUT2D eigenvalue weighted by Crippen LogP contribution is 2.22. The van der Waals surface area contributed by atoms with E-state index in [2.05, 4.69) is 30.2 Å². The molecule has 0 radical (unpaired) electrons. The first-order valence-corrected chi connectivity index (χ1v) is 6.52. The van der Waals surface area contributed by atoms with Gasteiger partial charge in [-0.3, -0.25) is 4.99 Å². The standard InChI is InChI=1S/C13H15N3S/c1-13(2)9-17-12(16-13)15-8-11-5-3-4-10(6-11)7-14/h3-6H,8-9H2,1-2H3,(H,15,16). The predicted octanol–water partition coefficient (Wildman–Crippen LogP) is 2.53. The fourth-order valence-electron chi connectivity index (χ4n) is 1.60. The Bertz CT molecular complexity index is 486. The Morgan fingerprint density at radius 2 is 2.35 bits per heavy atom. The van der Waals surface area contributed by atoms with Crippen LogP contribution in [-0.2, 0) is 6.54 Å². The second-order valence-electron chi connectivity index (χ2n) is 4.73. The number of benzene rings is 1. The summed E-state index contributed by atoms with van der Waals surface area (Å²) in [6, 6.07) is 9.72. The van der Waals surface area contributed by atoms with Crippen LogP contribution >= 0.6 is 11.8 Å². The van der Waals surface area contributed by atoms with Crippen LogP contribution in [0, 0.1) is 11.3 Å². The lowest BCUT2D eigenvalue weighted by Gasteiger charge is -2.15. The summed E-state index contributed by atoms with van der Waals surface area (Å²) < 4.78 is 0. The van der Waals surface area contributed by atoms with Crippen LogP contribution in [0.5, 0.6) is 0 Å². The van der Waals surface area contributed by atoms with Gasteiger partial charge in [0.25, 0.3) is 0 Å². The molecule has 1 aliphatic rings. The molecule has 1 heterocycles. The van der Waals surface area contributed by atoms with Gasteiger partial charge in [0.2, 0.25) is 0 Å². The Morgan fingerprint density at radius 3 is 3.00 bits per heavy atom. The van der Waals surface area contributed by atoms with E-state index in [1.54, 1.807) is 11.8 Å². The van der Waals surface area contributed by atoms with Gasteiger partial charge in [-0.25, -0.2) is 0 Å². The van der Waals surface area contributed by atoms with E-state index >= 15 is 0 Å². The van der Waals surface area contributed by atoms with Gasteiger partial charge in [-0.2, -0.15) is 5.26 Å². The van der Waals surface area contributed by atoms with Crippen molar-refractivity contribution in [3.63, 3.8) is 0 Å². The Balaban J connectivity index is 2.03. The van der Waals surface area contributed by atoms with E-state index in [1.807, 2.05) is 24.3 Å². The highest BCUT2D eigenvalue weighted by molar-refractivity contribution is 8.14. The van der Waals surface area contributed by atoms with Gasteiger partial charge in [0.05, 0.1) is 18.2 Å². The van der Waals surface area contributed by atoms with Gasteiger partial charge < -0.3 is 5.32 Å². The molecule has 1 aromatic carbocycles. The SMILES string of the molecule is CC1(C)CSC(=NCc2cccc(C#N)c2)N1. The topological polar surface area (TPSA) is 48.2 Å². The molecule has 1 saturated heterocycles. The van der Waals surface area contributed by atoms with Crippen LogP contribution in [0.2, 0.25) is 0 Å². The number of nitrogens with zero attached hydrogens (tertiary/aromatic N) is 2. The molecule has 0 spiro atoms. The number of hydrogen-bond donors (Lipinski definition) is 1. The Hall–Kier alpha value is -1.47. The van der Waals surface area contributed by atoms with Gasteiger partial charge in [-0.1, -0.05) is 23.9 Å². The lowest BCUT2D eigenvalue weighted by atomic mass is 10.1. The fourth-order valence-corrected chi connectivity index (χ4v) is 2.67. The molecule has 2 rings (SSSR count). The first kappa shape index (κ1) is 12.0. The van der Waals surface area contributed by atoms with Crippen LogP contribution in [0.15, 0.2) is 29.3 Å². The summed E-state index contributed by atoms with van der Waals surface area (Å²) in [5.74, 6) is 1.05. The molecule has 0 bridgehead atoms. The van der Waals surface area contributed by atoms with Crippen LogP contribution in [0.25, 0.3) is 0 Å². The summed E-state index contributed by atoms with van der Waals surface area (Å²) in [6.07, 6.45) is 0. The number of hydrogen-bond acceptors (Lipinski definition) is 3. The van der Waals surface area contributed by atoms with Crippen molar-refractivity contribution in [1.29, 1.82) is 5.26 Å². The van der Waals surface area contributed by atoms with Crippen LogP contribution in [0.3, 0.4) is 0 Å². The number of rotatable bonds is 2. The second-order valence-corrected chi connectivity index (χ2v) is 5.70. The maximum atomic E-state index is 8.81. The molecule has 0 aromatic heterocycles. The summed E-state index contributed by atoms with van der Waals surface area (Å²) in [5.41, 5.74) is 1.90. The molecule has 1 aliphatic heterocycles. The highest BCUT2D eigenvalue weighted by Gasteiger charge is 2.26. The van der Waals surface area contributed by atoms with Crippen molar-refractivity contribution in [2.24, 2.45) is 4.99 Å². The zero-order chi connectivity index (χ0) is 12.3. The first-order chi connectivity index (χ1) is 8.09. The number of thioether (sulfide) groups is 1. The molecular formula is C13H15N3S. The third-order valence-electron chi connectivity index (χ3n) is 2.48. The molecule has 1 aromatic rings. The van der Waals surface area contributed by atoms with Gasteiger partial charge in [0.15, 0.2) is 5.17 Å². The van der Waals surface area contributed by atoms with Crippen LogP contribution < -0.4 is 5.32 Å². The van der Waals surface area contributed by atoms with Gasteiger partial charge in [0, 0.05) is 11.3 Å². The molecule has 0 unspecified atom stereocenters. The normalized spacial score (nSPS) is 19.9. The van der Waals surface area contributed by atoms with Crippen molar-refractivity contribution in [3.05, 3.63) is 35.4 Å². The van der Waals surface area contributed by atoms with Crippen LogP contribution in [0.4, 0.5) is 0 Å². The molecule has 0 saturated carbocycles. The van der Waals surface area contributed by atoms with E-state index in [4.69, 9.17) is 5.26 Å². The van der Waals surface area contributed by atoms with E-state index in [0.717, 1.165) is 16.5 Å². The third kappa shape index (κ3) is 3.24. The monoisotopic (exact) mass is 245 g/mol. The van der Waals surface area contributed by atoms with Gasteiger partial charge in [0.1, 0.15) is 0 Å². The number of aliphatic imine (C=N–C) groups is 1. The summed E-state index contributed by atoms with van der Waals surface area (Å²) in [6.45, 7) is 4.96. The minimum atomic E-state index is 0.137. The van der Waals surface area contributed by atoms with Crippen molar-refractivity contribution >= 4 is 16.9 Å². The highest BCUT2D eigenvalue weighted by atomic mass is 32.2. The molecule has 1 fully saturated rings. The van der Waals surface area contributed by atoms with Gasteiger partial charge in [-0.05, 0) is 31.5 Å². The number of amidine groups is 1. The predicted molar refractivity (Wildman–Crippen MR) is 72.0 cm³/mol. The average Bonchev–Trinajstić information content (AvgIpc) is 2.67. The second kappa shape index (κ2) is 4.80. The van der Waals surface area contributed by atoms with Crippen molar-refractivity contribution in [3.8, 4) is 6.07 Å². The van der Waals surface area contributed by atoms with E-state index in [1.165, 1.54) is 0 Å². The van der Waals surface area contributed by atoms with Crippen LogP contribution in [-0.4, -0.2) is 16.5 Å². The molecular weight excluding hydrogens is 230 g/mol. The van der Waals surface area contributed by atoms with E-state index in [-0.39, 0.29) is 5.54 Å². The zero-order valence-electron chi connectivity index (χ0n) is 10.0. The summed E-state index contributed by atoms with van der Waals surface area (Å²) in [7, 11) is 0. The maximum Gasteiger partial charge on any atom is 0.157 e. The average molecular weight is 245 g/mol. The van der Waals surface area contributed by atoms with Crippen molar-refractivity contribution in [2.75, 3.05) is 5.75 Å².